The SMILES string of the molecule is Cc1cc(C)c(C)c(-c2nnc(CN)s2)c1C. The van der Waals surface area contributed by atoms with Crippen molar-refractivity contribution in [3.8, 4) is 10.6 Å². The van der Waals surface area contributed by atoms with Crippen molar-refractivity contribution in [3.05, 3.63) is 33.3 Å². The topological polar surface area (TPSA) is 51.8 Å². The van der Waals surface area contributed by atoms with Crippen molar-refractivity contribution in [3.63, 3.8) is 0 Å². The second-order valence-electron chi connectivity index (χ2n) is 4.34. The summed E-state index contributed by atoms with van der Waals surface area (Å²) in [6, 6.07) is 2.22. The molecule has 0 spiro atoms. The van der Waals surface area contributed by atoms with E-state index in [1.807, 2.05) is 0 Å². The predicted octanol–water partition coefficient (Wildman–Crippen LogP) is 2.90. The zero-order chi connectivity index (χ0) is 12.6. The van der Waals surface area contributed by atoms with Gasteiger partial charge >= 0.3 is 0 Å². The lowest BCUT2D eigenvalue weighted by molar-refractivity contribution is 0.959. The third-order valence-electron chi connectivity index (χ3n) is 3.22. The molecule has 0 aliphatic heterocycles. The second kappa shape index (κ2) is 4.55. The summed E-state index contributed by atoms with van der Waals surface area (Å²) in [5.41, 5.74) is 12.0. The lowest BCUT2D eigenvalue weighted by atomic mass is 9.95. The second-order valence-corrected chi connectivity index (χ2v) is 5.40. The maximum Gasteiger partial charge on any atom is 0.148 e. The average Bonchev–Trinajstić information content (AvgIpc) is 2.75. The van der Waals surface area contributed by atoms with Crippen molar-refractivity contribution >= 4 is 11.3 Å². The Morgan fingerprint density at radius 3 is 2.12 bits per heavy atom. The summed E-state index contributed by atoms with van der Waals surface area (Å²) >= 11 is 1.58. The van der Waals surface area contributed by atoms with Crippen LogP contribution in [0.3, 0.4) is 0 Å². The van der Waals surface area contributed by atoms with Crippen LogP contribution in [-0.4, -0.2) is 10.2 Å². The molecule has 0 saturated heterocycles. The van der Waals surface area contributed by atoms with Gasteiger partial charge in [-0.25, -0.2) is 0 Å². The summed E-state index contributed by atoms with van der Waals surface area (Å²) < 4.78 is 0. The van der Waals surface area contributed by atoms with Gasteiger partial charge in [-0.2, -0.15) is 0 Å². The third-order valence-corrected chi connectivity index (χ3v) is 4.18. The molecular weight excluding hydrogens is 230 g/mol. The summed E-state index contributed by atoms with van der Waals surface area (Å²) in [5, 5.41) is 10.2. The Kier molecular flexibility index (Phi) is 3.26. The standard InChI is InChI=1S/C13H17N3S/c1-7-5-8(2)10(4)12(9(7)3)13-16-15-11(6-14)17-13/h5H,6,14H2,1-4H3. The maximum absolute atomic E-state index is 5.59. The van der Waals surface area contributed by atoms with E-state index in [9.17, 15) is 0 Å². The monoisotopic (exact) mass is 247 g/mol. The van der Waals surface area contributed by atoms with E-state index in [0.29, 0.717) is 6.54 Å². The quantitative estimate of drug-likeness (QED) is 0.887. The van der Waals surface area contributed by atoms with E-state index in [-0.39, 0.29) is 0 Å². The largest absolute Gasteiger partial charge is 0.324 e. The van der Waals surface area contributed by atoms with Gasteiger partial charge < -0.3 is 5.73 Å². The van der Waals surface area contributed by atoms with Crippen molar-refractivity contribution in [1.82, 2.24) is 10.2 Å². The smallest absolute Gasteiger partial charge is 0.148 e. The Morgan fingerprint density at radius 1 is 1.06 bits per heavy atom. The summed E-state index contributed by atoms with van der Waals surface area (Å²) in [5.74, 6) is 0. The van der Waals surface area contributed by atoms with Crippen LogP contribution in [0, 0.1) is 27.7 Å². The third kappa shape index (κ3) is 2.10. The molecule has 3 nitrogen and oxygen atoms in total. The van der Waals surface area contributed by atoms with Gasteiger partial charge in [0.2, 0.25) is 0 Å². The first-order valence-electron chi connectivity index (χ1n) is 5.64. The highest BCUT2D eigenvalue weighted by Crippen LogP contribution is 2.33. The molecule has 0 radical (unpaired) electrons. The number of aromatic nitrogens is 2. The molecule has 2 N–H and O–H groups in total. The van der Waals surface area contributed by atoms with Gasteiger partial charge in [0.05, 0.1) is 0 Å². The molecule has 2 aromatic rings. The number of hydrogen-bond acceptors (Lipinski definition) is 4. The fourth-order valence-corrected chi connectivity index (χ4v) is 2.85. The molecule has 0 bridgehead atoms. The predicted molar refractivity (Wildman–Crippen MR) is 72.2 cm³/mol. The van der Waals surface area contributed by atoms with Crippen LogP contribution in [0.5, 0.6) is 0 Å². The van der Waals surface area contributed by atoms with Crippen molar-refractivity contribution in [1.29, 1.82) is 0 Å². The fourth-order valence-electron chi connectivity index (χ4n) is 1.97. The van der Waals surface area contributed by atoms with E-state index < -0.39 is 0 Å². The molecule has 1 heterocycles. The minimum atomic E-state index is 0.459. The van der Waals surface area contributed by atoms with E-state index in [2.05, 4.69) is 44.0 Å². The first-order chi connectivity index (χ1) is 8.04. The number of benzene rings is 1. The maximum atomic E-state index is 5.59. The van der Waals surface area contributed by atoms with E-state index in [1.165, 1.54) is 27.8 Å². The highest BCUT2D eigenvalue weighted by molar-refractivity contribution is 7.14. The van der Waals surface area contributed by atoms with E-state index >= 15 is 0 Å². The Morgan fingerprint density at radius 2 is 1.65 bits per heavy atom. The molecule has 1 aromatic carbocycles. The average molecular weight is 247 g/mol. The van der Waals surface area contributed by atoms with Crippen molar-refractivity contribution < 1.29 is 0 Å². The summed E-state index contributed by atoms with van der Waals surface area (Å²) in [6.45, 7) is 9.01. The highest BCUT2D eigenvalue weighted by atomic mass is 32.1. The molecule has 17 heavy (non-hydrogen) atoms. The van der Waals surface area contributed by atoms with Gasteiger partial charge in [0.15, 0.2) is 0 Å². The summed E-state index contributed by atoms with van der Waals surface area (Å²) in [7, 11) is 0. The lowest BCUT2D eigenvalue weighted by Crippen LogP contribution is -1.94. The number of aryl methyl sites for hydroxylation is 2. The fraction of sp³-hybridized carbons (Fsp3) is 0.385. The molecule has 90 valence electrons. The summed E-state index contributed by atoms with van der Waals surface area (Å²) in [4.78, 5) is 0. The van der Waals surface area contributed by atoms with Gasteiger partial charge in [0, 0.05) is 12.1 Å². The molecular formula is C13H17N3S. The number of rotatable bonds is 2. The Balaban J connectivity index is 2.65. The van der Waals surface area contributed by atoms with Crippen LogP contribution < -0.4 is 5.73 Å². The van der Waals surface area contributed by atoms with E-state index in [0.717, 1.165) is 10.0 Å². The Labute approximate surface area is 106 Å². The molecule has 2 rings (SSSR count). The van der Waals surface area contributed by atoms with Gasteiger partial charge in [-0.3, -0.25) is 0 Å². The molecule has 0 saturated carbocycles. The molecule has 0 aliphatic rings. The molecule has 0 unspecified atom stereocenters. The Hall–Kier alpha value is -1.26. The number of nitrogens with two attached hydrogens (primary N) is 1. The Bertz CT molecular complexity index is 532. The van der Waals surface area contributed by atoms with E-state index in [4.69, 9.17) is 5.73 Å². The highest BCUT2D eigenvalue weighted by Gasteiger charge is 2.14. The number of hydrogen-bond donors (Lipinski definition) is 1. The van der Waals surface area contributed by atoms with Crippen molar-refractivity contribution in [2.45, 2.75) is 34.2 Å². The van der Waals surface area contributed by atoms with Crippen LogP contribution in [-0.2, 0) is 6.54 Å². The lowest BCUT2D eigenvalue weighted by Gasteiger charge is -2.12. The van der Waals surface area contributed by atoms with Gasteiger partial charge in [-0.15, -0.1) is 10.2 Å². The first kappa shape index (κ1) is 12.2. The van der Waals surface area contributed by atoms with Crippen LogP contribution in [0.4, 0.5) is 0 Å². The summed E-state index contributed by atoms with van der Waals surface area (Å²) in [6.07, 6.45) is 0. The normalized spacial score (nSPS) is 10.9. The molecule has 0 fully saturated rings. The van der Waals surface area contributed by atoms with Gasteiger partial charge in [-0.1, -0.05) is 17.4 Å². The zero-order valence-corrected chi connectivity index (χ0v) is 11.5. The van der Waals surface area contributed by atoms with Crippen LogP contribution in [0.25, 0.3) is 10.6 Å². The minimum absolute atomic E-state index is 0.459. The minimum Gasteiger partial charge on any atom is -0.324 e. The van der Waals surface area contributed by atoms with Gasteiger partial charge in [-0.05, 0) is 49.9 Å². The molecule has 0 atom stereocenters. The molecule has 4 heteroatoms. The van der Waals surface area contributed by atoms with Crippen molar-refractivity contribution in [2.75, 3.05) is 0 Å². The number of nitrogens with zero attached hydrogens (tertiary/aromatic N) is 2. The molecule has 0 aliphatic carbocycles. The van der Waals surface area contributed by atoms with Gasteiger partial charge in [0.25, 0.3) is 0 Å². The van der Waals surface area contributed by atoms with Gasteiger partial charge in [0.1, 0.15) is 10.0 Å². The van der Waals surface area contributed by atoms with Crippen LogP contribution >= 0.6 is 11.3 Å². The van der Waals surface area contributed by atoms with Crippen LogP contribution in [0.15, 0.2) is 6.07 Å². The van der Waals surface area contributed by atoms with Crippen LogP contribution in [0.1, 0.15) is 27.3 Å². The molecule has 0 amide bonds. The molecule has 1 aromatic heterocycles. The van der Waals surface area contributed by atoms with Crippen molar-refractivity contribution in [2.24, 2.45) is 5.73 Å². The van der Waals surface area contributed by atoms with E-state index in [1.54, 1.807) is 11.3 Å². The van der Waals surface area contributed by atoms with Crippen LogP contribution in [0.2, 0.25) is 0 Å². The first-order valence-corrected chi connectivity index (χ1v) is 6.46. The zero-order valence-electron chi connectivity index (χ0n) is 10.7.